The van der Waals surface area contributed by atoms with Crippen LogP contribution in [0.2, 0.25) is 0 Å². The van der Waals surface area contributed by atoms with Crippen LogP contribution in [0, 0.1) is 18.4 Å². The maximum absolute atomic E-state index is 12.0. The molecule has 43 heavy (non-hydrogen) atoms. The van der Waals surface area contributed by atoms with Crippen molar-refractivity contribution in [3.63, 3.8) is 0 Å². The van der Waals surface area contributed by atoms with Gasteiger partial charge in [0.1, 0.15) is 19.0 Å². The number of unbranched alkanes of at least 4 members (excludes halogenated alkanes) is 4. The molecule has 0 fully saturated rings. The van der Waals surface area contributed by atoms with Gasteiger partial charge in [0.15, 0.2) is 0 Å². The first-order valence-electron chi connectivity index (χ1n) is 14.3. The topological polar surface area (TPSA) is 147 Å². The fraction of sp³-hybridized carbons (Fsp3) is 0.469. The summed E-state index contributed by atoms with van der Waals surface area (Å²) in [5, 5.41) is 8.47. The lowest BCUT2D eigenvalue weighted by Gasteiger charge is -2.08. The molecular weight excluding hydrogens is 558 g/mol. The minimum absolute atomic E-state index is 0.108. The maximum atomic E-state index is 12.0. The Morgan fingerprint density at radius 2 is 1.05 bits per heavy atom. The van der Waals surface area contributed by atoms with Crippen molar-refractivity contribution in [3.05, 3.63) is 65.2 Å². The van der Waals surface area contributed by atoms with Crippen LogP contribution in [0.4, 0.5) is 0 Å². The minimum Gasteiger partial charge on any atom is -0.463 e. The Balaban J connectivity index is 1.34. The molecule has 0 atom stereocenters. The molecule has 0 aliphatic carbocycles. The summed E-state index contributed by atoms with van der Waals surface area (Å²) in [5.41, 5.74) is 1.96. The molecule has 2 aromatic rings. The zero-order chi connectivity index (χ0) is 31.1. The smallest absolute Gasteiger partial charge is 0.338 e. The number of esters is 4. The fourth-order valence-electron chi connectivity index (χ4n) is 3.67. The van der Waals surface area contributed by atoms with Crippen molar-refractivity contribution in [2.75, 3.05) is 39.6 Å². The largest absolute Gasteiger partial charge is 0.463 e. The van der Waals surface area contributed by atoms with Crippen LogP contribution in [0.15, 0.2) is 48.5 Å². The predicted molar refractivity (Wildman–Crippen MR) is 154 cm³/mol. The van der Waals surface area contributed by atoms with Crippen molar-refractivity contribution in [3.8, 4) is 12.0 Å². The van der Waals surface area contributed by atoms with E-state index >= 15 is 0 Å². The summed E-state index contributed by atoms with van der Waals surface area (Å²) in [6.07, 6.45) is 6.04. The highest BCUT2D eigenvalue weighted by molar-refractivity contribution is 5.89. The highest BCUT2D eigenvalue weighted by Crippen LogP contribution is 2.13. The van der Waals surface area contributed by atoms with Gasteiger partial charge in [-0.1, -0.05) is 17.7 Å². The van der Waals surface area contributed by atoms with Crippen LogP contribution in [-0.2, 0) is 33.3 Å². The van der Waals surface area contributed by atoms with Crippen molar-refractivity contribution < 1.29 is 47.6 Å². The highest BCUT2D eigenvalue weighted by atomic mass is 16.6. The van der Waals surface area contributed by atoms with Crippen LogP contribution < -0.4 is 4.74 Å². The zero-order valence-electron chi connectivity index (χ0n) is 24.5. The van der Waals surface area contributed by atoms with Crippen LogP contribution in [0.5, 0.6) is 5.75 Å². The predicted octanol–water partition coefficient (Wildman–Crippen LogP) is 5.09. The quantitative estimate of drug-likeness (QED) is 0.0820. The van der Waals surface area contributed by atoms with E-state index in [0.29, 0.717) is 55.6 Å². The molecule has 0 bridgehead atoms. The third-order valence-corrected chi connectivity index (χ3v) is 6.04. The summed E-state index contributed by atoms with van der Waals surface area (Å²) in [5.74, 6) is -1.13. The van der Waals surface area contributed by atoms with Gasteiger partial charge in [-0.25, -0.2) is 9.59 Å². The van der Waals surface area contributed by atoms with E-state index in [1.165, 1.54) is 24.3 Å². The second-order valence-corrected chi connectivity index (χ2v) is 9.53. The number of hydrogen-bond donors (Lipinski definition) is 0. The van der Waals surface area contributed by atoms with E-state index < -0.39 is 5.97 Å². The summed E-state index contributed by atoms with van der Waals surface area (Å²) in [7, 11) is 0. The van der Waals surface area contributed by atoms with Gasteiger partial charge in [-0.15, -0.1) is 5.26 Å². The van der Waals surface area contributed by atoms with E-state index in [1.807, 2.05) is 19.1 Å². The van der Waals surface area contributed by atoms with E-state index in [-0.39, 0.29) is 63.8 Å². The molecule has 0 aliphatic rings. The Labute approximate surface area is 252 Å². The van der Waals surface area contributed by atoms with Gasteiger partial charge in [-0.2, -0.15) is 0 Å². The fourth-order valence-corrected chi connectivity index (χ4v) is 3.67. The number of nitrogens with zero attached hydrogens (tertiary/aromatic N) is 1. The minimum atomic E-state index is -0.469. The molecule has 0 heterocycles. The summed E-state index contributed by atoms with van der Waals surface area (Å²) >= 11 is 0. The van der Waals surface area contributed by atoms with E-state index in [2.05, 4.69) is 4.74 Å². The molecule has 0 N–H and O–H groups in total. The molecule has 0 aromatic heterocycles. The van der Waals surface area contributed by atoms with Gasteiger partial charge in [0.05, 0.1) is 37.6 Å². The van der Waals surface area contributed by atoms with Gasteiger partial charge in [0.2, 0.25) is 0 Å². The van der Waals surface area contributed by atoms with Gasteiger partial charge < -0.3 is 28.4 Å². The van der Waals surface area contributed by atoms with Crippen LogP contribution in [0.25, 0.3) is 0 Å². The van der Waals surface area contributed by atoms with Crippen LogP contribution >= 0.6 is 0 Å². The van der Waals surface area contributed by atoms with Crippen molar-refractivity contribution in [2.45, 2.75) is 58.3 Å². The maximum Gasteiger partial charge on any atom is 0.338 e. The third-order valence-electron chi connectivity index (χ3n) is 6.04. The molecule has 0 amide bonds. The lowest BCUT2D eigenvalue weighted by Crippen LogP contribution is -2.14. The number of benzene rings is 2. The molecule has 0 saturated heterocycles. The molecule has 0 saturated carbocycles. The molecule has 0 unspecified atom stereocenters. The molecule has 11 heteroatoms. The lowest BCUT2D eigenvalue weighted by atomic mass is 10.1. The summed E-state index contributed by atoms with van der Waals surface area (Å²) in [6, 6.07) is 13.2. The lowest BCUT2D eigenvalue weighted by molar-refractivity contribution is -0.146. The van der Waals surface area contributed by atoms with Gasteiger partial charge in [-0.05, 0) is 81.8 Å². The molecule has 11 nitrogen and oxygen atoms in total. The van der Waals surface area contributed by atoms with Crippen LogP contribution in [0.3, 0.4) is 0 Å². The van der Waals surface area contributed by atoms with Crippen molar-refractivity contribution in [1.82, 2.24) is 0 Å². The number of carbonyl (C=O) groups excluding carboxylic acids is 4. The van der Waals surface area contributed by atoms with Gasteiger partial charge >= 0.3 is 23.9 Å². The number of ether oxygens (including phenoxy) is 6. The molecule has 2 aromatic carbocycles. The Morgan fingerprint density at radius 3 is 1.51 bits per heavy atom. The second kappa shape index (κ2) is 21.3. The highest BCUT2D eigenvalue weighted by Gasteiger charge is 2.09. The number of nitriles is 1. The third kappa shape index (κ3) is 16.0. The van der Waals surface area contributed by atoms with Gasteiger partial charge in [0.25, 0.3) is 6.26 Å². The Kier molecular flexibility index (Phi) is 17.2. The first kappa shape index (κ1) is 34.8. The Bertz CT molecular complexity index is 1170. The summed E-state index contributed by atoms with van der Waals surface area (Å²) in [4.78, 5) is 47.5. The van der Waals surface area contributed by atoms with E-state index in [1.54, 1.807) is 18.4 Å². The average molecular weight is 598 g/mol. The number of hydrogen-bond acceptors (Lipinski definition) is 11. The molecule has 0 aliphatic heterocycles. The van der Waals surface area contributed by atoms with Crippen LogP contribution in [-0.4, -0.2) is 63.5 Å². The van der Waals surface area contributed by atoms with Crippen LogP contribution in [0.1, 0.15) is 77.6 Å². The van der Waals surface area contributed by atoms with E-state index in [4.69, 9.17) is 28.9 Å². The van der Waals surface area contributed by atoms with E-state index in [0.717, 1.165) is 12.0 Å². The standard InChI is InChI=1S/C32H39NO10/c1-25-10-12-26(13-11-25)31(36)41-18-6-2-4-8-29(34)39-22-20-38-21-23-40-30(35)9-5-3-7-19-42-32(37)27-14-16-28(17-15-27)43-24-33/h10-17H,2-9,18-23H2,1H3. The Hall–Kier alpha value is -4.43. The monoisotopic (exact) mass is 597 g/mol. The number of rotatable bonds is 21. The molecule has 2 rings (SSSR count). The number of aryl methyl sites for hydroxylation is 1. The van der Waals surface area contributed by atoms with Crippen molar-refractivity contribution in [1.29, 1.82) is 5.26 Å². The molecular formula is C32H39NO10. The first-order valence-corrected chi connectivity index (χ1v) is 14.3. The SMILES string of the molecule is Cc1ccc(C(=O)OCCCCCC(=O)OCCOCCOC(=O)CCCCCOC(=O)c2ccc(OC#N)cc2)cc1. The second-order valence-electron chi connectivity index (χ2n) is 9.53. The summed E-state index contributed by atoms with van der Waals surface area (Å²) in [6.45, 7) is 3.11. The zero-order valence-corrected chi connectivity index (χ0v) is 24.5. The molecule has 232 valence electrons. The first-order chi connectivity index (χ1) is 20.9. The van der Waals surface area contributed by atoms with Crippen molar-refractivity contribution >= 4 is 23.9 Å². The molecule has 0 radical (unpaired) electrons. The number of carbonyl (C=O) groups is 4. The summed E-state index contributed by atoms with van der Waals surface area (Å²) < 4.78 is 30.6. The van der Waals surface area contributed by atoms with Gasteiger partial charge in [0, 0.05) is 12.8 Å². The van der Waals surface area contributed by atoms with Gasteiger partial charge in [-0.3, -0.25) is 9.59 Å². The molecule has 0 spiro atoms. The average Bonchev–Trinajstić information content (AvgIpc) is 3.00. The normalized spacial score (nSPS) is 10.3. The van der Waals surface area contributed by atoms with Crippen molar-refractivity contribution in [2.24, 2.45) is 0 Å². The van der Waals surface area contributed by atoms with E-state index in [9.17, 15) is 19.2 Å². The Morgan fingerprint density at radius 1 is 0.581 bits per heavy atom.